The van der Waals surface area contributed by atoms with Crippen molar-refractivity contribution in [1.29, 1.82) is 0 Å². The lowest BCUT2D eigenvalue weighted by Crippen LogP contribution is -2.00. The standard InChI is InChI=1S/C18H12N2O3S2/c21-18(8-7-17-19-13-4-1-2-5-15(13)25-17)22-11-12-10-14(23-20-12)16-6-3-9-24-16/h1-10H,11H2/b8-7+. The Morgan fingerprint density at radius 1 is 1.24 bits per heavy atom. The van der Waals surface area contributed by atoms with Gasteiger partial charge in [0, 0.05) is 12.1 Å². The molecule has 0 unspecified atom stereocenters. The second-order valence-corrected chi connectivity index (χ2v) is 7.13. The SMILES string of the molecule is O=C(/C=C/c1nc2ccccc2s1)OCc1cc(-c2cccs2)on1. The zero-order valence-corrected chi connectivity index (χ0v) is 14.5. The minimum Gasteiger partial charge on any atom is -0.456 e. The highest BCUT2D eigenvalue weighted by Gasteiger charge is 2.09. The third-order valence-corrected chi connectivity index (χ3v) is 5.24. The van der Waals surface area contributed by atoms with Crippen molar-refractivity contribution < 1.29 is 14.1 Å². The normalized spacial score (nSPS) is 11.4. The Morgan fingerprint density at radius 3 is 3.00 bits per heavy atom. The molecule has 124 valence electrons. The first-order valence-corrected chi connectivity index (χ1v) is 9.17. The molecule has 0 spiro atoms. The molecule has 0 saturated carbocycles. The van der Waals surface area contributed by atoms with Crippen LogP contribution in [0.5, 0.6) is 0 Å². The van der Waals surface area contributed by atoms with Crippen LogP contribution in [0.2, 0.25) is 0 Å². The molecule has 0 saturated heterocycles. The molecule has 0 amide bonds. The van der Waals surface area contributed by atoms with Gasteiger partial charge in [0.15, 0.2) is 5.76 Å². The molecule has 4 aromatic rings. The predicted molar refractivity (Wildman–Crippen MR) is 98.3 cm³/mol. The number of nitrogens with zero attached hydrogens (tertiary/aromatic N) is 2. The van der Waals surface area contributed by atoms with E-state index in [1.54, 1.807) is 23.5 Å². The van der Waals surface area contributed by atoms with Gasteiger partial charge >= 0.3 is 5.97 Å². The lowest BCUT2D eigenvalue weighted by atomic mass is 10.3. The number of thiazole rings is 1. The van der Waals surface area contributed by atoms with Gasteiger partial charge in [0.1, 0.15) is 17.3 Å². The van der Waals surface area contributed by atoms with Gasteiger partial charge in [-0.3, -0.25) is 0 Å². The molecule has 5 nitrogen and oxygen atoms in total. The molecule has 3 heterocycles. The largest absolute Gasteiger partial charge is 0.456 e. The maximum absolute atomic E-state index is 11.9. The molecule has 25 heavy (non-hydrogen) atoms. The number of aromatic nitrogens is 2. The van der Waals surface area contributed by atoms with Gasteiger partial charge in [-0.15, -0.1) is 22.7 Å². The van der Waals surface area contributed by atoms with E-state index in [4.69, 9.17) is 9.26 Å². The predicted octanol–water partition coefficient (Wildman–Crippen LogP) is 4.77. The molecular formula is C18H12N2O3S2. The van der Waals surface area contributed by atoms with Crippen LogP contribution < -0.4 is 0 Å². The number of benzene rings is 1. The second-order valence-electron chi connectivity index (χ2n) is 5.12. The monoisotopic (exact) mass is 368 g/mol. The summed E-state index contributed by atoms with van der Waals surface area (Å²) in [5.41, 5.74) is 1.49. The van der Waals surface area contributed by atoms with E-state index < -0.39 is 5.97 Å². The molecule has 0 atom stereocenters. The van der Waals surface area contributed by atoms with E-state index in [0.717, 1.165) is 20.1 Å². The summed E-state index contributed by atoms with van der Waals surface area (Å²) in [4.78, 5) is 17.3. The summed E-state index contributed by atoms with van der Waals surface area (Å²) in [6.07, 6.45) is 3.03. The van der Waals surface area contributed by atoms with Crippen LogP contribution in [0.4, 0.5) is 0 Å². The number of thiophene rings is 1. The quantitative estimate of drug-likeness (QED) is 0.375. The molecule has 0 bridgehead atoms. The molecule has 3 aromatic heterocycles. The molecule has 0 aliphatic heterocycles. The van der Waals surface area contributed by atoms with E-state index in [9.17, 15) is 4.79 Å². The van der Waals surface area contributed by atoms with Gasteiger partial charge in [0.2, 0.25) is 0 Å². The third-order valence-electron chi connectivity index (χ3n) is 3.36. The summed E-state index contributed by atoms with van der Waals surface area (Å²) >= 11 is 3.09. The number of esters is 1. The molecule has 0 fully saturated rings. The summed E-state index contributed by atoms with van der Waals surface area (Å²) in [7, 11) is 0. The minimum atomic E-state index is -0.445. The summed E-state index contributed by atoms with van der Waals surface area (Å²) < 4.78 is 11.5. The maximum Gasteiger partial charge on any atom is 0.331 e. The van der Waals surface area contributed by atoms with Crippen LogP contribution in [0, 0.1) is 0 Å². The van der Waals surface area contributed by atoms with Crippen LogP contribution in [-0.2, 0) is 16.1 Å². The van der Waals surface area contributed by atoms with Crippen molar-refractivity contribution in [2.45, 2.75) is 6.61 Å². The average molecular weight is 368 g/mol. The van der Waals surface area contributed by atoms with Crippen molar-refractivity contribution >= 4 is 44.9 Å². The van der Waals surface area contributed by atoms with Crippen molar-refractivity contribution in [1.82, 2.24) is 10.1 Å². The van der Waals surface area contributed by atoms with E-state index >= 15 is 0 Å². The van der Waals surface area contributed by atoms with E-state index in [1.165, 1.54) is 17.4 Å². The lowest BCUT2D eigenvalue weighted by molar-refractivity contribution is -0.139. The van der Waals surface area contributed by atoms with Crippen molar-refractivity contribution in [3.63, 3.8) is 0 Å². The zero-order chi connectivity index (χ0) is 17.1. The van der Waals surface area contributed by atoms with Crippen LogP contribution in [0.25, 0.3) is 26.9 Å². The van der Waals surface area contributed by atoms with Crippen molar-refractivity contribution in [3.8, 4) is 10.6 Å². The topological polar surface area (TPSA) is 65.2 Å². The Labute approximate surface area is 151 Å². The molecule has 0 radical (unpaired) electrons. The van der Waals surface area contributed by atoms with Crippen LogP contribution in [0.1, 0.15) is 10.7 Å². The first-order valence-electron chi connectivity index (χ1n) is 7.48. The first-order chi connectivity index (χ1) is 12.3. The summed E-state index contributed by atoms with van der Waals surface area (Å²) in [5.74, 6) is 0.228. The van der Waals surface area contributed by atoms with Crippen LogP contribution in [0.15, 0.2) is 58.4 Å². The fourth-order valence-electron chi connectivity index (χ4n) is 2.21. The molecule has 0 aliphatic carbocycles. The molecule has 7 heteroatoms. The van der Waals surface area contributed by atoms with Crippen molar-refractivity contribution in [2.75, 3.05) is 0 Å². The Bertz CT molecular complexity index is 999. The van der Waals surface area contributed by atoms with Crippen LogP contribution in [0.3, 0.4) is 0 Å². The van der Waals surface area contributed by atoms with Gasteiger partial charge in [-0.2, -0.15) is 0 Å². The maximum atomic E-state index is 11.9. The Kier molecular flexibility index (Phi) is 4.41. The third kappa shape index (κ3) is 3.67. The average Bonchev–Trinajstić information content (AvgIpc) is 3.37. The smallest absolute Gasteiger partial charge is 0.331 e. The van der Waals surface area contributed by atoms with Crippen LogP contribution >= 0.6 is 22.7 Å². The summed E-state index contributed by atoms with van der Waals surface area (Å²) in [6.45, 7) is 0.0674. The number of rotatable bonds is 5. The van der Waals surface area contributed by atoms with E-state index in [2.05, 4.69) is 10.1 Å². The lowest BCUT2D eigenvalue weighted by Gasteiger charge is -1.96. The van der Waals surface area contributed by atoms with Crippen molar-refractivity contribution in [2.24, 2.45) is 0 Å². The summed E-state index contributed by atoms with van der Waals surface area (Å²) in [5, 5.41) is 6.64. The highest BCUT2D eigenvalue weighted by molar-refractivity contribution is 7.19. The Hall–Kier alpha value is -2.77. The molecule has 4 rings (SSSR count). The van der Waals surface area contributed by atoms with Crippen LogP contribution in [-0.4, -0.2) is 16.1 Å². The van der Waals surface area contributed by atoms with E-state index in [0.29, 0.717) is 11.5 Å². The highest BCUT2D eigenvalue weighted by Crippen LogP contribution is 2.25. The second kappa shape index (κ2) is 7.00. The Balaban J connectivity index is 1.36. The number of carbonyl (C=O) groups is 1. The van der Waals surface area contributed by atoms with Gasteiger partial charge in [0.25, 0.3) is 0 Å². The highest BCUT2D eigenvalue weighted by atomic mass is 32.1. The zero-order valence-electron chi connectivity index (χ0n) is 12.9. The number of ether oxygens (including phenoxy) is 1. The van der Waals surface area contributed by atoms with Gasteiger partial charge in [0.05, 0.1) is 15.1 Å². The number of hydrogen-bond donors (Lipinski definition) is 0. The van der Waals surface area contributed by atoms with E-state index in [-0.39, 0.29) is 6.61 Å². The van der Waals surface area contributed by atoms with E-state index in [1.807, 2.05) is 41.8 Å². The molecular weight excluding hydrogens is 356 g/mol. The summed E-state index contributed by atoms with van der Waals surface area (Å²) in [6, 6.07) is 13.5. The Morgan fingerprint density at radius 2 is 2.16 bits per heavy atom. The number of para-hydroxylation sites is 1. The number of hydrogen-bond acceptors (Lipinski definition) is 7. The fourth-order valence-corrected chi connectivity index (χ4v) is 3.75. The number of fused-ring (bicyclic) bond motifs is 1. The molecule has 0 N–H and O–H groups in total. The van der Waals surface area contributed by atoms with Gasteiger partial charge in [-0.1, -0.05) is 23.4 Å². The van der Waals surface area contributed by atoms with Gasteiger partial charge < -0.3 is 9.26 Å². The first kappa shape index (κ1) is 15.7. The molecule has 1 aromatic carbocycles. The van der Waals surface area contributed by atoms with Crippen molar-refractivity contribution in [3.05, 3.63) is 64.6 Å². The van der Waals surface area contributed by atoms with Gasteiger partial charge in [-0.25, -0.2) is 9.78 Å². The molecule has 0 aliphatic rings. The van der Waals surface area contributed by atoms with Gasteiger partial charge in [-0.05, 0) is 29.7 Å². The minimum absolute atomic E-state index is 0.0674. The fraction of sp³-hybridized carbons (Fsp3) is 0.0556. The number of carbonyl (C=O) groups excluding carboxylic acids is 1.